The van der Waals surface area contributed by atoms with Gasteiger partial charge in [0, 0.05) is 12.6 Å². The number of hydrogen-bond acceptors (Lipinski definition) is 3. The molecule has 3 nitrogen and oxygen atoms in total. The van der Waals surface area contributed by atoms with Crippen LogP contribution in [0, 0.1) is 0 Å². The molecule has 0 bridgehead atoms. The first-order valence-corrected chi connectivity index (χ1v) is 1.93. The number of carboxylic acid groups (broad SMARTS) is 1. The third-order valence-corrected chi connectivity index (χ3v) is 0. The molecule has 0 aromatic rings. The van der Waals surface area contributed by atoms with Crippen LogP contribution < -0.4 is 34.7 Å². The van der Waals surface area contributed by atoms with Crippen LogP contribution in [-0.4, -0.2) is 17.7 Å². The zero-order valence-corrected chi connectivity index (χ0v) is 7.47. The summed E-state index contributed by atoms with van der Waals surface area (Å²) in [6.07, 6.45) is 0. The van der Waals surface area contributed by atoms with E-state index in [1.165, 1.54) is 0 Å². The number of carbonyl (C=O) groups excluding carboxylic acids is 1. The van der Waals surface area contributed by atoms with Crippen LogP contribution in [-0.2, 0) is 4.79 Å². The molecule has 0 rings (SSSR count). The zero-order chi connectivity index (χ0) is 6.28. The van der Waals surface area contributed by atoms with Gasteiger partial charge in [0.2, 0.25) is 0 Å². The summed E-state index contributed by atoms with van der Waals surface area (Å²) >= 11 is 0. The predicted molar refractivity (Wildman–Crippen MR) is 23.4 cm³/mol. The Kier molecular flexibility index (Phi) is 30.9. The quantitative estimate of drug-likeness (QED) is 0.336. The number of rotatable bonds is 0. The van der Waals surface area contributed by atoms with Crippen molar-refractivity contribution in [3.63, 3.8) is 0 Å². The number of carboxylic acids is 1. The Morgan fingerprint density at radius 2 is 1.75 bits per heavy atom. The van der Waals surface area contributed by atoms with Gasteiger partial charge in [0.05, 0.1) is 0 Å². The Labute approximate surface area is 71.0 Å². The van der Waals surface area contributed by atoms with E-state index in [0.717, 1.165) is 6.92 Å². The molecule has 0 amide bonds. The molecule has 0 aromatic heterocycles. The van der Waals surface area contributed by atoms with Crippen LogP contribution in [0.5, 0.6) is 0 Å². The molecule has 0 unspecified atom stereocenters. The van der Waals surface area contributed by atoms with Crippen molar-refractivity contribution in [3.05, 3.63) is 0 Å². The van der Waals surface area contributed by atoms with E-state index in [2.05, 4.69) is 0 Å². The zero-order valence-electron chi connectivity index (χ0n) is 5.47. The van der Waals surface area contributed by atoms with Crippen molar-refractivity contribution < 1.29 is 44.6 Å². The smallest absolute Gasteiger partial charge is 0.550 e. The molecule has 0 saturated carbocycles. The molecule has 0 heterocycles. The van der Waals surface area contributed by atoms with Gasteiger partial charge in [0.25, 0.3) is 0 Å². The van der Waals surface area contributed by atoms with Gasteiger partial charge in [0.15, 0.2) is 0 Å². The SMILES string of the molecule is CC(=O)[O-].CCO.[Na+]. The maximum Gasteiger partial charge on any atom is 1.00 e. The fourth-order valence-corrected chi connectivity index (χ4v) is 0. The molecule has 8 heavy (non-hydrogen) atoms. The van der Waals surface area contributed by atoms with Gasteiger partial charge in [-0.25, -0.2) is 0 Å². The summed E-state index contributed by atoms with van der Waals surface area (Å²) in [7, 11) is 0. The minimum Gasteiger partial charge on any atom is -0.550 e. The monoisotopic (exact) mass is 128 g/mol. The second-order valence-electron chi connectivity index (χ2n) is 0.808. The van der Waals surface area contributed by atoms with Gasteiger partial charge in [-0.3, -0.25) is 0 Å². The molecular formula is C4H9NaO3. The summed E-state index contributed by atoms with van der Waals surface area (Å²) in [6, 6.07) is 0. The number of aliphatic hydroxyl groups excluding tert-OH is 1. The summed E-state index contributed by atoms with van der Waals surface area (Å²) in [6.45, 7) is 2.90. The molecule has 0 atom stereocenters. The fourth-order valence-electron chi connectivity index (χ4n) is 0. The van der Waals surface area contributed by atoms with Crippen molar-refractivity contribution in [3.8, 4) is 0 Å². The third kappa shape index (κ3) is 1030. The van der Waals surface area contributed by atoms with Crippen LogP contribution in [0.4, 0.5) is 0 Å². The second-order valence-corrected chi connectivity index (χ2v) is 0.808. The molecule has 0 aliphatic heterocycles. The Morgan fingerprint density at radius 1 is 1.75 bits per heavy atom. The first-order valence-electron chi connectivity index (χ1n) is 1.93. The van der Waals surface area contributed by atoms with E-state index in [0.29, 0.717) is 0 Å². The van der Waals surface area contributed by atoms with Crippen molar-refractivity contribution in [2.45, 2.75) is 13.8 Å². The molecule has 0 aromatic carbocycles. The number of carbonyl (C=O) groups is 1. The van der Waals surface area contributed by atoms with E-state index >= 15 is 0 Å². The summed E-state index contributed by atoms with van der Waals surface area (Å²) in [5, 5.41) is 16.5. The van der Waals surface area contributed by atoms with Crippen molar-refractivity contribution in [1.82, 2.24) is 0 Å². The average Bonchev–Trinajstić information content (AvgIpc) is 1.33. The number of aliphatic hydroxyl groups is 1. The summed E-state index contributed by atoms with van der Waals surface area (Å²) in [4.78, 5) is 8.89. The minimum absolute atomic E-state index is 0. The standard InChI is InChI=1S/C2H4O2.C2H6O.Na/c1-2(3)4;1-2-3;/h1H3,(H,3,4);3H,2H2,1H3;/q;;+1/p-1. The maximum absolute atomic E-state index is 8.89. The van der Waals surface area contributed by atoms with Crippen LogP contribution in [0.25, 0.3) is 0 Å². The van der Waals surface area contributed by atoms with E-state index in [1.54, 1.807) is 6.92 Å². The van der Waals surface area contributed by atoms with Gasteiger partial charge in [-0.1, -0.05) is 0 Å². The first kappa shape index (κ1) is 15.8. The summed E-state index contributed by atoms with van der Waals surface area (Å²) < 4.78 is 0. The normalized spacial score (nSPS) is 5.38. The third-order valence-electron chi connectivity index (χ3n) is 0. The van der Waals surface area contributed by atoms with E-state index in [9.17, 15) is 0 Å². The van der Waals surface area contributed by atoms with Crippen molar-refractivity contribution >= 4 is 5.97 Å². The average molecular weight is 128 g/mol. The van der Waals surface area contributed by atoms with Crippen LogP contribution in [0.3, 0.4) is 0 Å². The van der Waals surface area contributed by atoms with E-state index in [4.69, 9.17) is 15.0 Å². The predicted octanol–water partition coefficient (Wildman–Crippen LogP) is -4.24. The van der Waals surface area contributed by atoms with E-state index in [-0.39, 0.29) is 36.2 Å². The Hall–Kier alpha value is 0.430. The molecule has 0 aliphatic carbocycles. The van der Waals surface area contributed by atoms with Crippen LogP contribution in [0.15, 0.2) is 0 Å². The second kappa shape index (κ2) is 15.7. The van der Waals surface area contributed by atoms with Gasteiger partial charge in [-0.05, 0) is 13.8 Å². The van der Waals surface area contributed by atoms with Crippen LogP contribution in [0.1, 0.15) is 13.8 Å². The van der Waals surface area contributed by atoms with Crippen molar-refractivity contribution in [2.24, 2.45) is 0 Å². The number of aliphatic carboxylic acids is 1. The fraction of sp³-hybridized carbons (Fsp3) is 0.750. The number of hydrogen-bond donors (Lipinski definition) is 1. The van der Waals surface area contributed by atoms with Gasteiger partial charge in [0.1, 0.15) is 0 Å². The molecule has 0 fully saturated rings. The van der Waals surface area contributed by atoms with E-state index in [1.807, 2.05) is 0 Å². The summed E-state index contributed by atoms with van der Waals surface area (Å²) in [5.74, 6) is -1.08. The largest absolute Gasteiger partial charge is 1.00 e. The Bertz CT molecular complexity index is 42.5. The van der Waals surface area contributed by atoms with Crippen LogP contribution in [0.2, 0.25) is 0 Å². The van der Waals surface area contributed by atoms with Crippen LogP contribution >= 0.6 is 0 Å². The van der Waals surface area contributed by atoms with Gasteiger partial charge in [-0.15, -0.1) is 0 Å². The first-order chi connectivity index (χ1) is 3.15. The molecular weight excluding hydrogens is 119 g/mol. The van der Waals surface area contributed by atoms with Gasteiger partial charge < -0.3 is 15.0 Å². The maximum atomic E-state index is 8.89. The van der Waals surface area contributed by atoms with Crippen molar-refractivity contribution in [2.75, 3.05) is 6.61 Å². The molecule has 0 radical (unpaired) electrons. The van der Waals surface area contributed by atoms with Gasteiger partial charge >= 0.3 is 29.6 Å². The molecule has 0 aliphatic rings. The minimum atomic E-state index is -1.08. The topological polar surface area (TPSA) is 60.4 Å². The van der Waals surface area contributed by atoms with E-state index < -0.39 is 5.97 Å². The molecule has 4 heteroatoms. The molecule has 0 saturated heterocycles. The molecule has 0 spiro atoms. The molecule has 1 N–H and O–H groups in total. The summed E-state index contributed by atoms with van der Waals surface area (Å²) in [5.41, 5.74) is 0. The Balaban J connectivity index is -0.0000000575. The Morgan fingerprint density at radius 3 is 1.75 bits per heavy atom. The molecule has 44 valence electrons. The van der Waals surface area contributed by atoms with Crippen molar-refractivity contribution in [1.29, 1.82) is 0 Å². The van der Waals surface area contributed by atoms with Gasteiger partial charge in [-0.2, -0.15) is 0 Å².